The van der Waals surface area contributed by atoms with Crippen LogP contribution in [-0.2, 0) is 0 Å². The predicted octanol–water partition coefficient (Wildman–Crippen LogP) is -3.79. The van der Waals surface area contributed by atoms with E-state index < -0.39 is 11.3 Å². The van der Waals surface area contributed by atoms with Gasteiger partial charge in [-0.05, 0) is 0 Å². The SMILES string of the molecule is CC(C)(C)[O-].O=c1cc[nH]c(=O)[nH]1.[K+]. The van der Waals surface area contributed by atoms with Crippen LogP contribution in [0.5, 0.6) is 0 Å². The molecule has 0 saturated carbocycles. The Bertz CT molecular complexity index is 319. The molecule has 6 heteroatoms. The van der Waals surface area contributed by atoms with E-state index in [9.17, 15) is 14.7 Å². The van der Waals surface area contributed by atoms with Gasteiger partial charge in [-0.3, -0.25) is 9.78 Å². The average molecular weight is 224 g/mol. The molecular formula is C8H13KN2O3. The van der Waals surface area contributed by atoms with Crippen LogP contribution in [0, 0.1) is 0 Å². The summed E-state index contributed by atoms with van der Waals surface area (Å²) < 4.78 is 0. The minimum absolute atomic E-state index is 0. The maximum absolute atomic E-state index is 10.2. The molecule has 0 fully saturated rings. The first-order valence-electron chi connectivity index (χ1n) is 3.77. The Kier molecular flexibility index (Phi) is 9.01. The Morgan fingerprint density at radius 2 is 1.71 bits per heavy atom. The zero-order valence-corrected chi connectivity index (χ0v) is 12.0. The summed E-state index contributed by atoms with van der Waals surface area (Å²) in [5.74, 6) is 0. The minimum Gasteiger partial charge on any atom is -0.850 e. The molecule has 0 spiro atoms. The van der Waals surface area contributed by atoms with E-state index in [1.807, 2.05) is 4.98 Å². The molecule has 0 aliphatic heterocycles. The summed E-state index contributed by atoms with van der Waals surface area (Å²) in [7, 11) is 0. The number of hydrogen-bond donors (Lipinski definition) is 2. The molecule has 2 N–H and O–H groups in total. The Balaban J connectivity index is 0. The van der Waals surface area contributed by atoms with Crippen molar-refractivity contribution in [3.63, 3.8) is 0 Å². The third-order valence-corrected chi connectivity index (χ3v) is 0.686. The summed E-state index contributed by atoms with van der Waals surface area (Å²) in [6.07, 6.45) is 1.29. The van der Waals surface area contributed by atoms with Crippen LogP contribution in [0.3, 0.4) is 0 Å². The smallest absolute Gasteiger partial charge is 0.850 e. The third kappa shape index (κ3) is 14.8. The summed E-state index contributed by atoms with van der Waals surface area (Å²) in [6.45, 7) is 4.90. The Hall–Kier alpha value is 0.276. The van der Waals surface area contributed by atoms with Crippen LogP contribution in [0.15, 0.2) is 21.9 Å². The van der Waals surface area contributed by atoms with Crippen LogP contribution in [0.1, 0.15) is 20.8 Å². The molecule has 1 rings (SSSR count). The van der Waals surface area contributed by atoms with Gasteiger partial charge in [0.1, 0.15) is 0 Å². The summed E-state index contributed by atoms with van der Waals surface area (Å²) in [5.41, 5.74) is -1.61. The van der Waals surface area contributed by atoms with Crippen molar-refractivity contribution in [3.8, 4) is 0 Å². The van der Waals surface area contributed by atoms with E-state index in [-0.39, 0.29) is 56.9 Å². The van der Waals surface area contributed by atoms with Gasteiger partial charge in [-0.2, -0.15) is 0 Å². The number of aromatic amines is 2. The van der Waals surface area contributed by atoms with Gasteiger partial charge in [0.2, 0.25) is 0 Å². The molecule has 0 aliphatic rings. The van der Waals surface area contributed by atoms with Crippen molar-refractivity contribution in [2.45, 2.75) is 26.4 Å². The van der Waals surface area contributed by atoms with E-state index in [1.54, 1.807) is 20.8 Å². The van der Waals surface area contributed by atoms with Crippen molar-refractivity contribution in [1.82, 2.24) is 9.97 Å². The second-order valence-corrected chi connectivity index (χ2v) is 3.41. The molecule has 0 bridgehead atoms. The molecule has 0 amide bonds. The summed E-state index contributed by atoms with van der Waals surface area (Å²) in [4.78, 5) is 24.7. The first-order chi connectivity index (χ1) is 5.79. The zero-order chi connectivity index (χ0) is 10.5. The van der Waals surface area contributed by atoms with Crippen molar-refractivity contribution in [1.29, 1.82) is 0 Å². The maximum atomic E-state index is 10.2. The van der Waals surface area contributed by atoms with Crippen molar-refractivity contribution in [2.75, 3.05) is 0 Å². The minimum atomic E-state index is -0.750. The van der Waals surface area contributed by atoms with Gasteiger partial charge in [-0.25, -0.2) is 4.79 Å². The van der Waals surface area contributed by atoms with Gasteiger partial charge in [0.15, 0.2) is 0 Å². The molecule has 1 aromatic heterocycles. The van der Waals surface area contributed by atoms with Crippen LogP contribution in [-0.4, -0.2) is 15.6 Å². The van der Waals surface area contributed by atoms with Gasteiger partial charge < -0.3 is 10.1 Å². The maximum Gasteiger partial charge on any atom is 1.00 e. The van der Waals surface area contributed by atoms with Gasteiger partial charge >= 0.3 is 57.1 Å². The van der Waals surface area contributed by atoms with E-state index in [1.165, 1.54) is 12.3 Å². The summed E-state index contributed by atoms with van der Waals surface area (Å²) >= 11 is 0. The predicted molar refractivity (Wildman–Crippen MR) is 47.4 cm³/mol. The normalized spacial score (nSPS) is 9.43. The van der Waals surface area contributed by atoms with Crippen molar-refractivity contribution in [3.05, 3.63) is 33.1 Å². The van der Waals surface area contributed by atoms with E-state index in [0.717, 1.165) is 0 Å². The topological polar surface area (TPSA) is 88.8 Å². The van der Waals surface area contributed by atoms with Crippen molar-refractivity contribution < 1.29 is 56.5 Å². The molecule has 0 atom stereocenters. The molecular weight excluding hydrogens is 211 g/mol. The molecule has 0 aliphatic carbocycles. The first kappa shape index (κ1) is 16.7. The molecule has 1 heterocycles. The van der Waals surface area contributed by atoms with Gasteiger partial charge in [-0.15, -0.1) is 5.60 Å². The molecule has 0 unspecified atom stereocenters. The summed E-state index contributed by atoms with van der Waals surface area (Å²) in [5, 5.41) is 10.1. The van der Waals surface area contributed by atoms with Crippen molar-refractivity contribution in [2.24, 2.45) is 0 Å². The summed E-state index contributed by atoms with van der Waals surface area (Å²) in [6, 6.07) is 1.24. The van der Waals surface area contributed by atoms with E-state index >= 15 is 0 Å². The Morgan fingerprint density at radius 3 is 1.93 bits per heavy atom. The van der Waals surface area contributed by atoms with E-state index in [2.05, 4.69) is 4.98 Å². The number of H-pyrrole nitrogens is 2. The Labute approximate surface area is 124 Å². The largest absolute Gasteiger partial charge is 1.00 e. The molecule has 0 saturated heterocycles. The Morgan fingerprint density at radius 1 is 1.29 bits per heavy atom. The fourth-order valence-corrected chi connectivity index (χ4v) is 0.383. The van der Waals surface area contributed by atoms with Crippen molar-refractivity contribution >= 4 is 0 Å². The van der Waals surface area contributed by atoms with Crippen LogP contribution < -0.4 is 67.7 Å². The number of aromatic nitrogens is 2. The van der Waals surface area contributed by atoms with E-state index in [0.29, 0.717) is 0 Å². The first-order valence-corrected chi connectivity index (χ1v) is 3.77. The van der Waals surface area contributed by atoms with Crippen LogP contribution in [0.4, 0.5) is 0 Å². The fourth-order valence-electron chi connectivity index (χ4n) is 0.383. The second-order valence-electron chi connectivity index (χ2n) is 3.41. The zero-order valence-electron chi connectivity index (χ0n) is 8.88. The number of nitrogens with one attached hydrogen (secondary N) is 2. The third-order valence-electron chi connectivity index (χ3n) is 0.686. The standard InChI is InChI=1S/C4H4N2O2.C4H9O.K/c7-3-1-2-5-4(8)6-3;1-4(2,3)5;/h1-2H,(H2,5,6,7,8);1-3H3;/q;-1;+1. The second kappa shape index (κ2) is 7.55. The van der Waals surface area contributed by atoms with Gasteiger partial charge in [0.25, 0.3) is 5.56 Å². The number of rotatable bonds is 0. The molecule has 5 nitrogen and oxygen atoms in total. The molecule has 0 aromatic carbocycles. The van der Waals surface area contributed by atoms with Crippen LogP contribution in [0.25, 0.3) is 0 Å². The van der Waals surface area contributed by atoms with Gasteiger partial charge in [0.05, 0.1) is 0 Å². The fraction of sp³-hybridized carbons (Fsp3) is 0.500. The average Bonchev–Trinajstić information content (AvgIpc) is 1.81. The molecule has 0 radical (unpaired) electrons. The van der Waals surface area contributed by atoms with E-state index in [4.69, 9.17) is 0 Å². The monoisotopic (exact) mass is 224 g/mol. The van der Waals surface area contributed by atoms with Crippen LogP contribution in [0.2, 0.25) is 0 Å². The molecule has 14 heavy (non-hydrogen) atoms. The van der Waals surface area contributed by atoms with Gasteiger partial charge in [-0.1, -0.05) is 20.8 Å². The van der Waals surface area contributed by atoms with Crippen LogP contribution >= 0.6 is 0 Å². The molecule has 1 aromatic rings. The number of hydrogen-bond acceptors (Lipinski definition) is 3. The molecule has 74 valence electrons. The quantitative estimate of drug-likeness (QED) is 0.443. The van der Waals surface area contributed by atoms with Gasteiger partial charge in [0, 0.05) is 12.3 Å².